The third-order valence-corrected chi connectivity index (χ3v) is 6.79. The molecule has 4 rings (SSSR count). The predicted octanol–water partition coefficient (Wildman–Crippen LogP) is 4.67. The van der Waals surface area contributed by atoms with Crippen molar-refractivity contribution >= 4 is 5.97 Å². The summed E-state index contributed by atoms with van der Waals surface area (Å²) in [4.78, 5) is 10.7. The van der Waals surface area contributed by atoms with Crippen LogP contribution in [0.25, 0.3) is 22.4 Å². The molecule has 3 aromatic rings. The van der Waals surface area contributed by atoms with Crippen LogP contribution in [0, 0.1) is 11.8 Å². The number of ether oxygens (including phenoxy) is 2. The predicted molar refractivity (Wildman–Crippen MR) is 134 cm³/mol. The number of benzene rings is 2. The van der Waals surface area contributed by atoms with Gasteiger partial charge in [0.1, 0.15) is 18.1 Å². The minimum Gasteiger partial charge on any atom is -0.497 e. The molecule has 1 aliphatic rings. The maximum Gasteiger partial charge on any atom is 0.329 e. The lowest BCUT2D eigenvalue weighted by molar-refractivity contribution is -0.142. The number of methoxy groups -OCH3 is 1. The highest BCUT2D eigenvalue weighted by Gasteiger charge is 2.26. The molecule has 186 valence electrons. The number of carboxylic acids is 1. The van der Waals surface area contributed by atoms with Gasteiger partial charge < -0.3 is 19.7 Å². The average Bonchev–Trinajstić information content (AvgIpc) is 3.23. The molecule has 0 bridgehead atoms. The summed E-state index contributed by atoms with van der Waals surface area (Å²) in [5, 5.41) is 23.8. The van der Waals surface area contributed by atoms with Crippen molar-refractivity contribution in [2.45, 2.75) is 38.6 Å². The summed E-state index contributed by atoms with van der Waals surface area (Å²) in [5.74, 6) is 0.750. The Morgan fingerprint density at radius 3 is 2.43 bits per heavy atom. The van der Waals surface area contributed by atoms with E-state index in [1.54, 1.807) is 7.11 Å². The van der Waals surface area contributed by atoms with Gasteiger partial charge in [0.25, 0.3) is 0 Å². The minimum absolute atomic E-state index is 0.0462. The fourth-order valence-electron chi connectivity index (χ4n) is 5.03. The molecular weight excluding hydrogens is 444 g/mol. The van der Waals surface area contributed by atoms with Crippen LogP contribution in [-0.4, -0.2) is 52.9 Å². The molecule has 0 amide bonds. The van der Waals surface area contributed by atoms with Crippen LogP contribution in [0.1, 0.15) is 31.4 Å². The lowest BCUT2D eigenvalue weighted by atomic mass is 9.82. The van der Waals surface area contributed by atoms with Crippen molar-refractivity contribution in [3.05, 3.63) is 60.3 Å². The second-order valence-corrected chi connectivity index (χ2v) is 9.22. The number of rotatable bonds is 11. The molecule has 0 spiro atoms. The number of aliphatic hydroxyl groups excluding tert-OH is 1. The quantitative estimate of drug-likeness (QED) is 0.416. The monoisotopic (exact) mass is 478 g/mol. The number of hydrogen-bond donors (Lipinski definition) is 2. The standard InChI is InChI=1S/C28H34N2O5/c1-34-24-9-5-8-23(16-24)27-25(14-15-31)30(29-28(27)22-6-3-2-4-7-22)17-20-10-12-21(13-11-20)18-35-19-26(32)33/h2-9,16,20-21,31H,10-15,17-19H2,1H3,(H,32,33)/t20-,21+. The summed E-state index contributed by atoms with van der Waals surface area (Å²) in [7, 11) is 1.67. The lowest BCUT2D eigenvalue weighted by Gasteiger charge is -2.28. The maximum absolute atomic E-state index is 10.7. The molecule has 1 saturated carbocycles. The van der Waals surface area contributed by atoms with Crippen LogP contribution < -0.4 is 4.74 Å². The summed E-state index contributed by atoms with van der Waals surface area (Å²) >= 11 is 0. The molecule has 7 nitrogen and oxygen atoms in total. The number of nitrogens with zero attached hydrogens (tertiary/aromatic N) is 2. The molecule has 0 aliphatic heterocycles. The summed E-state index contributed by atoms with van der Waals surface area (Å²) in [6.45, 7) is 1.12. The molecule has 0 atom stereocenters. The second kappa shape index (κ2) is 12.0. The first kappa shape index (κ1) is 24.9. The van der Waals surface area contributed by atoms with Crippen LogP contribution in [0.5, 0.6) is 5.75 Å². The van der Waals surface area contributed by atoms with Crippen molar-refractivity contribution in [1.29, 1.82) is 0 Å². The van der Waals surface area contributed by atoms with Gasteiger partial charge in [-0.1, -0.05) is 42.5 Å². The molecule has 2 aromatic carbocycles. The normalized spacial score (nSPS) is 17.9. The second-order valence-electron chi connectivity index (χ2n) is 9.22. The topological polar surface area (TPSA) is 93.8 Å². The highest BCUT2D eigenvalue weighted by atomic mass is 16.5. The minimum atomic E-state index is -0.921. The van der Waals surface area contributed by atoms with Gasteiger partial charge in [0, 0.05) is 36.4 Å². The Hall–Kier alpha value is -3.16. The summed E-state index contributed by atoms with van der Waals surface area (Å²) < 4.78 is 12.9. The van der Waals surface area contributed by atoms with Crippen LogP contribution in [-0.2, 0) is 22.5 Å². The van der Waals surface area contributed by atoms with Crippen molar-refractivity contribution in [2.24, 2.45) is 11.8 Å². The smallest absolute Gasteiger partial charge is 0.329 e. The molecule has 2 N–H and O–H groups in total. The molecule has 0 unspecified atom stereocenters. The van der Waals surface area contributed by atoms with Gasteiger partial charge in [0.05, 0.1) is 13.7 Å². The van der Waals surface area contributed by atoms with Crippen molar-refractivity contribution in [1.82, 2.24) is 9.78 Å². The van der Waals surface area contributed by atoms with Gasteiger partial charge in [-0.05, 0) is 55.2 Å². The van der Waals surface area contributed by atoms with E-state index >= 15 is 0 Å². The molecule has 7 heteroatoms. The summed E-state index contributed by atoms with van der Waals surface area (Å²) in [5.41, 5.74) is 5.06. The van der Waals surface area contributed by atoms with Gasteiger partial charge in [-0.15, -0.1) is 0 Å². The van der Waals surface area contributed by atoms with Crippen LogP contribution >= 0.6 is 0 Å². The van der Waals surface area contributed by atoms with E-state index in [9.17, 15) is 9.90 Å². The van der Waals surface area contributed by atoms with E-state index in [2.05, 4.69) is 22.9 Å². The highest BCUT2D eigenvalue weighted by molar-refractivity contribution is 5.83. The highest BCUT2D eigenvalue weighted by Crippen LogP contribution is 2.38. The molecule has 0 radical (unpaired) electrons. The first-order valence-electron chi connectivity index (χ1n) is 12.3. The van der Waals surface area contributed by atoms with Gasteiger partial charge in [0.15, 0.2) is 0 Å². The Morgan fingerprint density at radius 2 is 1.74 bits per heavy atom. The molecule has 1 fully saturated rings. The maximum atomic E-state index is 10.7. The number of carbonyl (C=O) groups is 1. The first-order chi connectivity index (χ1) is 17.1. The Bertz CT molecular complexity index is 1100. The van der Waals surface area contributed by atoms with Gasteiger partial charge >= 0.3 is 5.97 Å². The zero-order valence-corrected chi connectivity index (χ0v) is 20.2. The number of aliphatic hydroxyl groups is 1. The number of aromatic nitrogens is 2. The summed E-state index contributed by atoms with van der Waals surface area (Å²) in [6, 6.07) is 18.2. The zero-order valence-electron chi connectivity index (χ0n) is 20.2. The van der Waals surface area contributed by atoms with Gasteiger partial charge in [-0.3, -0.25) is 4.68 Å². The van der Waals surface area contributed by atoms with Gasteiger partial charge in [-0.25, -0.2) is 4.79 Å². The Labute approximate surface area is 206 Å². The van der Waals surface area contributed by atoms with Crippen LogP contribution in [0.4, 0.5) is 0 Å². The molecule has 1 heterocycles. The third-order valence-electron chi connectivity index (χ3n) is 6.79. The number of aliphatic carboxylic acids is 1. The molecular formula is C28H34N2O5. The number of carboxylic acid groups (broad SMARTS) is 1. The van der Waals surface area contributed by atoms with Crippen LogP contribution in [0.15, 0.2) is 54.6 Å². The first-order valence-corrected chi connectivity index (χ1v) is 12.3. The largest absolute Gasteiger partial charge is 0.497 e. The fourth-order valence-corrected chi connectivity index (χ4v) is 5.03. The molecule has 1 aromatic heterocycles. The average molecular weight is 479 g/mol. The molecule has 35 heavy (non-hydrogen) atoms. The van der Waals surface area contributed by atoms with Crippen molar-refractivity contribution in [3.63, 3.8) is 0 Å². The van der Waals surface area contributed by atoms with Crippen LogP contribution in [0.3, 0.4) is 0 Å². The van der Waals surface area contributed by atoms with E-state index in [4.69, 9.17) is 19.7 Å². The fraction of sp³-hybridized carbons (Fsp3) is 0.429. The zero-order chi connectivity index (χ0) is 24.6. The van der Waals surface area contributed by atoms with Crippen LogP contribution in [0.2, 0.25) is 0 Å². The Morgan fingerprint density at radius 1 is 1.03 bits per heavy atom. The van der Waals surface area contributed by atoms with Crippen molar-refractivity contribution in [2.75, 3.05) is 26.9 Å². The third kappa shape index (κ3) is 6.29. The lowest BCUT2D eigenvalue weighted by Crippen LogP contribution is -2.24. The van der Waals surface area contributed by atoms with Gasteiger partial charge in [0.2, 0.25) is 0 Å². The Balaban J connectivity index is 1.60. The van der Waals surface area contributed by atoms with E-state index in [-0.39, 0.29) is 13.2 Å². The van der Waals surface area contributed by atoms with E-state index in [1.807, 2.05) is 36.4 Å². The van der Waals surface area contributed by atoms with Crippen molar-refractivity contribution < 1.29 is 24.5 Å². The van der Waals surface area contributed by atoms with E-state index < -0.39 is 5.97 Å². The number of hydrogen-bond acceptors (Lipinski definition) is 5. The van der Waals surface area contributed by atoms with E-state index in [0.717, 1.165) is 66.1 Å². The SMILES string of the molecule is COc1cccc(-c2c(-c3ccccc3)nn(C[C@H]3CC[C@@H](COCC(=O)O)CC3)c2CCO)c1. The van der Waals surface area contributed by atoms with E-state index in [0.29, 0.717) is 24.9 Å². The molecule has 1 aliphatic carbocycles. The van der Waals surface area contributed by atoms with Crippen molar-refractivity contribution in [3.8, 4) is 28.1 Å². The van der Waals surface area contributed by atoms with Gasteiger partial charge in [-0.2, -0.15) is 5.10 Å². The van der Waals surface area contributed by atoms with E-state index in [1.165, 1.54) is 0 Å². The molecule has 0 saturated heterocycles. The summed E-state index contributed by atoms with van der Waals surface area (Å²) in [6.07, 6.45) is 4.67. The Kier molecular flexibility index (Phi) is 8.55.